The Hall–Kier alpha value is -1.49. The minimum Gasteiger partial charge on any atom is -0.445 e. The lowest BCUT2D eigenvalue weighted by Crippen LogP contribution is -2.64. The quantitative estimate of drug-likeness (QED) is 0.688. The van der Waals surface area contributed by atoms with Crippen molar-refractivity contribution in [2.24, 2.45) is 11.3 Å². The average molecular weight is 304 g/mol. The first-order chi connectivity index (χ1) is 10.1. The fourth-order valence-electron chi connectivity index (χ4n) is 3.30. The predicted octanol–water partition coefficient (Wildman–Crippen LogP) is 3.38. The van der Waals surface area contributed by atoms with Crippen LogP contribution in [0.5, 0.6) is 0 Å². The van der Waals surface area contributed by atoms with E-state index >= 15 is 0 Å². The van der Waals surface area contributed by atoms with Gasteiger partial charge in [0.05, 0.1) is 5.04 Å². The maximum absolute atomic E-state index is 12.0. The maximum Gasteiger partial charge on any atom is 0.410 e. The number of hydrogen-bond acceptors (Lipinski definition) is 4. The Kier molecular flexibility index (Phi) is 3.93. The summed E-state index contributed by atoms with van der Waals surface area (Å²) in [7, 11) is 0. The summed E-state index contributed by atoms with van der Waals surface area (Å²) >= 11 is 1.53. The van der Waals surface area contributed by atoms with Crippen molar-refractivity contribution in [3.05, 3.63) is 35.9 Å². The average Bonchev–Trinajstić information content (AvgIpc) is 2.43. The maximum atomic E-state index is 12.0. The van der Waals surface area contributed by atoms with Crippen LogP contribution in [0.15, 0.2) is 30.3 Å². The predicted molar refractivity (Wildman–Crippen MR) is 84.6 cm³/mol. The summed E-state index contributed by atoms with van der Waals surface area (Å²) in [6.45, 7) is 1.92. The summed E-state index contributed by atoms with van der Waals surface area (Å²) in [5.41, 5.74) is 1.29. The van der Waals surface area contributed by atoms with E-state index in [1.54, 1.807) is 4.90 Å². The van der Waals surface area contributed by atoms with Crippen LogP contribution in [0.4, 0.5) is 4.79 Å². The molecule has 1 N–H and O–H groups in total. The molecule has 4 nitrogen and oxygen atoms in total. The number of benzene rings is 1. The first-order valence-electron chi connectivity index (χ1n) is 7.20. The van der Waals surface area contributed by atoms with Gasteiger partial charge >= 0.3 is 6.09 Å². The summed E-state index contributed by atoms with van der Waals surface area (Å²) in [5, 5.41) is 8.61. The van der Waals surface area contributed by atoms with Crippen molar-refractivity contribution in [1.82, 2.24) is 4.90 Å². The van der Waals surface area contributed by atoms with Gasteiger partial charge in [-0.05, 0) is 24.7 Å². The van der Waals surface area contributed by atoms with Crippen LogP contribution in [0.25, 0.3) is 0 Å². The molecule has 0 atom stereocenters. The van der Waals surface area contributed by atoms with Crippen molar-refractivity contribution < 1.29 is 9.53 Å². The van der Waals surface area contributed by atoms with Crippen LogP contribution in [0.3, 0.4) is 0 Å². The fraction of sp³-hybridized carbons (Fsp3) is 0.500. The molecule has 1 aliphatic carbocycles. The van der Waals surface area contributed by atoms with E-state index in [0.717, 1.165) is 36.5 Å². The number of carbonyl (C=O) groups is 1. The summed E-state index contributed by atoms with van der Waals surface area (Å²) in [4.78, 5) is 13.7. The van der Waals surface area contributed by atoms with Gasteiger partial charge in [-0.3, -0.25) is 5.41 Å². The van der Waals surface area contributed by atoms with Crippen LogP contribution in [0.2, 0.25) is 0 Å². The number of nitrogens with one attached hydrogen (secondary N) is 1. The SMILES string of the molecule is CSC(=N)C1CC2(C1)CN(C(=O)OCc1ccccc1)C2. The molecule has 112 valence electrons. The van der Waals surface area contributed by atoms with E-state index in [2.05, 4.69) is 0 Å². The molecule has 5 heteroatoms. The van der Waals surface area contributed by atoms with E-state index in [0.29, 0.717) is 12.5 Å². The van der Waals surface area contributed by atoms with Gasteiger partial charge in [-0.25, -0.2) is 4.79 Å². The molecule has 0 bridgehead atoms. The molecule has 2 fully saturated rings. The van der Waals surface area contributed by atoms with Crippen LogP contribution < -0.4 is 0 Å². The first-order valence-corrected chi connectivity index (χ1v) is 8.42. The highest BCUT2D eigenvalue weighted by Gasteiger charge is 2.54. The van der Waals surface area contributed by atoms with Gasteiger partial charge in [0.15, 0.2) is 0 Å². The molecule has 0 unspecified atom stereocenters. The number of carbonyl (C=O) groups excluding carboxylic acids is 1. The Morgan fingerprint density at radius 2 is 2.05 bits per heavy atom. The number of hydrogen-bond donors (Lipinski definition) is 1. The lowest BCUT2D eigenvalue weighted by Gasteiger charge is -2.58. The molecule has 0 aromatic heterocycles. The molecule has 2 aliphatic rings. The van der Waals surface area contributed by atoms with Crippen LogP contribution in [0, 0.1) is 16.7 Å². The zero-order chi connectivity index (χ0) is 14.9. The van der Waals surface area contributed by atoms with Gasteiger partial charge in [0.1, 0.15) is 6.61 Å². The molecule has 1 aromatic carbocycles. The third-order valence-electron chi connectivity index (χ3n) is 4.47. The summed E-state index contributed by atoms with van der Waals surface area (Å²) in [5.74, 6) is 0.419. The van der Waals surface area contributed by atoms with E-state index in [4.69, 9.17) is 10.1 Å². The molecule has 1 saturated heterocycles. The molecule has 1 saturated carbocycles. The van der Waals surface area contributed by atoms with Crippen LogP contribution in [-0.4, -0.2) is 35.4 Å². The standard InChI is InChI=1S/C16H20N2O2S/c1-21-14(17)13-7-16(8-13)10-18(11-16)15(19)20-9-12-5-3-2-4-6-12/h2-6,13,17H,7-11H2,1H3. The molecular weight excluding hydrogens is 284 g/mol. The van der Waals surface area contributed by atoms with Crippen molar-refractivity contribution in [3.63, 3.8) is 0 Å². The van der Waals surface area contributed by atoms with E-state index in [-0.39, 0.29) is 11.5 Å². The topological polar surface area (TPSA) is 53.4 Å². The third-order valence-corrected chi connectivity index (χ3v) is 5.24. The molecule has 1 heterocycles. The van der Waals surface area contributed by atoms with Gasteiger partial charge in [0.25, 0.3) is 0 Å². The fourth-order valence-corrected chi connectivity index (χ4v) is 3.80. The minimum atomic E-state index is -0.215. The van der Waals surface area contributed by atoms with Gasteiger partial charge < -0.3 is 9.64 Å². The van der Waals surface area contributed by atoms with Crippen LogP contribution >= 0.6 is 11.8 Å². The third kappa shape index (κ3) is 2.93. The van der Waals surface area contributed by atoms with Crippen LogP contribution in [-0.2, 0) is 11.3 Å². The zero-order valence-corrected chi connectivity index (χ0v) is 13.0. The largest absolute Gasteiger partial charge is 0.445 e. The Bertz CT molecular complexity index is 532. The first kappa shape index (κ1) is 14.4. The number of thioether (sulfide) groups is 1. The number of rotatable bonds is 3. The summed E-state index contributed by atoms with van der Waals surface area (Å²) in [6, 6.07) is 9.74. The zero-order valence-electron chi connectivity index (χ0n) is 12.2. The number of nitrogens with zero attached hydrogens (tertiary/aromatic N) is 1. The minimum absolute atomic E-state index is 0.215. The highest BCUT2D eigenvalue weighted by Crippen LogP contribution is 2.53. The van der Waals surface area contributed by atoms with Gasteiger partial charge in [0.2, 0.25) is 0 Å². The molecule has 3 rings (SSSR count). The smallest absolute Gasteiger partial charge is 0.410 e. The second kappa shape index (κ2) is 5.72. The second-order valence-electron chi connectivity index (χ2n) is 6.07. The highest BCUT2D eigenvalue weighted by atomic mass is 32.2. The lowest BCUT2D eigenvalue weighted by molar-refractivity contribution is -0.0687. The molecule has 1 aliphatic heterocycles. The Morgan fingerprint density at radius 3 is 2.67 bits per heavy atom. The Morgan fingerprint density at radius 1 is 1.38 bits per heavy atom. The number of ether oxygens (including phenoxy) is 1. The van der Waals surface area contributed by atoms with Crippen molar-refractivity contribution in [3.8, 4) is 0 Å². The van der Waals surface area contributed by atoms with Crippen LogP contribution in [0.1, 0.15) is 18.4 Å². The van der Waals surface area contributed by atoms with Gasteiger partial charge in [-0.2, -0.15) is 0 Å². The lowest BCUT2D eigenvalue weighted by atomic mass is 9.58. The molecule has 21 heavy (non-hydrogen) atoms. The van der Waals surface area contributed by atoms with E-state index in [1.807, 2.05) is 36.6 Å². The summed E-state index contributed by atoms with van der Waals surface area (Å²) in [6.07, 6.45) is 3.85. The highest BCUT2D eigenvalue weighted by molar-refractivity contribution is 8.13. The van der Waals surface area contributed by atoms with Crippen molar-refractivity contribution >= 4 is 22.9 Å². The van der Waals surface area contributed by atoms with E-state index in [9.17, 15) is 4.79 Å². The van der Waals surface area contributed by atoms with Crippen molar-refractivity contribution in [2.45, 2.75) is 19.4 Å². The van der Waals surface area contributed by atoms with Crippen molar-refractivity contribution in [2.75, 3.05) is 19.3 Å². The molecular formula is C16H20N2O2S. The molecule has 0 radical (unpaired) electrons. The van der Waals surface area contributed by atoms with Gasteiger partial charge in [-0.1, -0.05) is 30.3 Å². The summed E-state index contributed by atoms with van der Waals surface area (Å²) < 4.78 is 5.33. The molecule has 1 spiro atoms. The van der Waals surface area contributed by atoms with E-state index < -0.39 is 0 Å². The Labute approximate surface area is 129 Å². The monoisotopic (exact) mass is 304 g/mol. The van der Waals surface area contributed by atoms with Gasteiger partial charge in [0, 0.05) is 24.4 Å². The van der Waals surface area contributed by atoms with E-state index in [1.165, 1.54) is 11.8 Å². The Balaban J connectivity index is 1.41. The molecule has 1 amide bonds. The number of likely N-dealkylation sites (tertiary alicyclic amines) is 1. The van der Waals surface area contributed by atoms with Gasteiger partial charge in [-0.15, -0.1) is 11.8 Å². The normalized spacial score (nSPS) is 19.8. The molecule has 1 aromatic rings. The second-order valence-corrected chi connectivity index (χ2v) is 6.92. The van der Waals surface area contributed by atoms with Crippen molar-refractivity contribution in [1.29, 1.82) is 5.41 Å². The number of amides is 1.